The van der Waals surface area contributed by atoms with Crippen LogP contribution < -0.4 is 5.32 Å². The standard InChI is InChI=1S/C22H19NO8/c24-17(25)13-15(19(28)29)22(12-9-5-2-6-10-12)16(20(30)31)14(18(26)27)21(13,23-22)11-7-3-1-4-8-11/h1-10,13-16,23H,(H,24,25)(H,26,27)(H,28,29)(H,30,31)/t13-,14-,15+,16+,21?,22?. The Kier molecular flexibility index (Phi) is 4.58. The van der Waals surface area contributed by atoms with Crippen molar-refractivity contribution in [2.24, 2.45) is 23.7 Å². The van der Waals surface area contributed by atoms with E-state index in [0.29, 0.717) is 0 Å². The number of carboxylic acids is 4. The zero-order valence-corrected chi connectivity index (χ0v) is 16.0. The van der Waals surface area contributed by atoms with Crippen molar-refractivity contribution in [1.82, 2.24) is 5.32 Å². The molecule has 2 heterocycles. The Bertz CT molecular complexity index is 942. The molecule has 2 aromatic carbocycles. The molecule has 2 aliphatic rings. The summed E-state index contributed by atoms with van der Waals surface area (Å²) in [5, 5.41) is 43.5. The number of carbonyl (C=O) groups is 4. The van der Waals surface area contributed by atoms with Crippen molar-refractivity contribution in [3.63, 3.8) is 0 Å². The molecule has 5 N–H and O–H groups in total. The lowest BCUT2D eigenvalue weighted by atomic mass is 9.54. The zero-order chi connectivity index (χ0) is 22.6. The second kappa shape index (κ2) is 6.92. The van der Waals surface area contributed by atoms with Gasteiger partial charge in [0.2, 0.25) is 0 Å². The number of hydrogen-bond acceptors (Lipinski definition) is 5. The summed E-state index contributed by atoms with van der Waals surface area (Å²) in [6.45, 7) is 0. The molecule has 0 aliphatic carbocycles. The summed E-state index contributed by atoms with van der Waals surface area (Å²) >= 11 is 0. The predicted molar refractivity (Wildman–Crippen MR) is 104 cm³/mol. The number of fused-ring (bicyclic) bond motifs is 2. The lowest BCUT2D eigenvalue weighted by Gasteiger charge is -2.43. The summed E-state index contributed by atoms with van der Waals surface area (Å²) in [4.78, 5) is 49.8. The van der Waals surface area contributed by atoms with Crippen LogP contribution in [0.4, 0.5) is 0 Å². The molecular weight excluding hydrogens is 406 g/mol. The van der Waals surface area contributed by atoms with Gasteiger partial charge in [-0.3, -0.25) is 24.5 Å². The van der Waals surface area contributed by atoms with Gasteiger partial charge in [0.25, 0.3) is 0 Å². The zero-order valence-electron chi connectivity index (χ0n) is 16.0. The van der Waals surface area contributed by atoms with Crippen LogP contribution in [0.2, 0.25) is 0 Å². The van der Waals surface area contributed by atoms with Gasteiger partial charge in [-0.25, -0.2) is 0 Å². The highest BCUT2D eigenvalue weighted by Crippen LogP contribution is 2.66. The maximum absolute atomic E-state index is 12.5. The van der Waals surface area contributed by atoms with Gasteiger partial charge >= 0.3 is 23.9 Å². The lowest BCUT2D eigenvalue weighted by Crippen LogP contribution is -2.58. The van der Waals surface area contributed by atoms with E-state index in [1.54, 1.807) is 36.4 Å². The van der Waals surface area contributed by atoms with E-state index in [9.17, 15) is 39.6 Å². The first-order valence-electron chi connectivity index (χ1n) is 9.51. The largest absolute Gasteiger partial charge is 0.481 e. The van der Waals surface area contributed by atoms with Crippen LogP contribution in [0.5, 0.6) is 0 Å². The van der Waals surface area contributed by atoms with Crippen LogP contribution >= 0.6 is 0 Å². The molecule has 2 fully saturated rings. The molecule has 4 rings (SSSR count). The third-order valence-electron chi connectivity index (χ3n) is 6.61. The number of rotatable bonds is 6. The normalized spacial score (nSPS) is 33.7. The van der Waals surface area contributed by atoms with E-state index in [-0.39, 0.29) is 11.1 Å². The van der Waals surface area contributed by atoms with Gasteiger partial charge in [0, 0.05) is 0 Å². The van der Waals surface area contributed by atoms with Crippen molar-refractivity contribution in [3.8, 4) is 0 Å². The van der Waals surface area contributed by atoms with Crippen LogP contribution in [-0.4, -0.2) is 44.3 Å². The first-order chi connectivity index (χ1) is 14.7. The molecule has 4 atom stereocenters. The van der Waals surface area contributed by atoms with Crippen molar-refractivity contribution in [2.75, 3.05) is 0 Å². The van der Waals surface area contributed by atoms with Crippen LogP contribution in [0.3, 0.4) is 0 Å². The summed E-state index contributed by atoms with van der Waals surface area (Å²) in [7, 11) is 0. The molecule has 0 radical (unpaired) electrons. The molecule has 2 aromatic rings. The Morgan fingerprint density at radius 2 is 0.806 bits per heavy atom. The number of hydrogen-bond donors (Lipinski definition) is 5. The Morgan fingerprint density at radius 3 is 1.03 bits per heavy atom. The fourth-order valence-corrected chi connectivity index (χ4v) is 5.73. The minimum atomic E-state index is -1.96. The van der Waals surface area contributed by atoms with E-state index >= 15 is 0 Å². The molecule has 0 spiro atoms. The Hall–Kier alpha value is -3.72. The maximum atomic E-state index is 12.5. The van der Waals surface area contributed by atoms with E-state index in [2.05, 4.69) is 5.32 Å². The Balaban J connectivity index is 2.16. The molecule has 160 valence electrons. The van der Waals surface area contributed by atoms with Crippen LogP contribution in [0.15, 0.2) is 60.7 Å². The van der Waals surface area contributed by atoms with Crippen molar-refractivity contribution >= 4 is 23.9 Å². The fraction of sp³-hybridized carbons (Fsp3) is 0.273. The molecular formula is C22H19NO8. The van der Waals surface area contributed by atoms with Crippen LogP contribution in [0.1, 0.15) is 11.1 Å². The van der Waals surface area contributed by atoms with Crippen molar-refractivity contribution in [1.29, 1.82) is 0 Å². The maximum Gasteiger partial charge on any atom is 0.309 e. The number of nitrogens with one attached hydrogen (secondary N) is 1. The van der Waals surface area contributed by atoms with Gasteiger partial charge in [-0.15, -0.1) is 0 Å². The van der Waals surface area contributed by atoms with Gasteiger partial charge in [-0.2, -0.15) is 0 Å². The Labute approximate surface area is 175 Å². The second-order valence-corrected chi connectivity index (χ2v) is 7.86. The van der Waals surface area contributed by atoms with Crippen molar-refractivity contribution in [3.05, 3.63) is 71.8 Å². The molecule has 9 nitrogen and oxygen atoms in total. The summed E-state index contributed by atoms with van der Waals surface area (Å²) in [6.07, 6.45) is 0. The van der Waals surface area contributed by atoms with Gasteiger partial charge in [0.15, 0.2) is 0 Å². The fourth-order valence-electron chi connectivity index (χ4n) is 5.73. The highest BCUT2D eigenvalue weighted by Gasteiger charge is 2.81. The Morgan fingerprint density at radius 1 is 0.548 bits per heavy atom. The summed E-state index contributed by atoms with van der Waals surface area (Å²) in [6, 6.07) is 15.5. The molecule has 0 amide bonds. The summed E-state index contributed by atoms with van der Waals surface area (Å²) < 4.78 is 0. The van der Waals surface area contributed by atoms with E-state index in [4.69, 9.17) is 0 Å². The van der Waals surface area contributed by atoms with Crippen LogP contribution in [0, 0.1) is 23.7 Å². The van der Waals surface area contributed by atoms with Crippen LogP contribution in [-0.2, 0) is 30.3 Å². The summed E-state index contributed by atoms with van der Waals surface area (Å²) in [5.74, 6) is -13.0. The van der Waals surface area contributed by atoms with E-state index in [1.165, 1.54) is 24.3 Å². The molecule has 2 bridgehead atoms. The SMILES string of the molecule is O=C(O)[C@@H]1[C@H](C(=O)O)C2(c3ccccc3)NC1(c1ccccc1)[C@H](C(=O)O)[C@@H]2C(=O)O. The quantitative estimate of drug-likeness (QED) is 0.458. The van der Waals surface area contributed by atoms with E-state index < -0.39 is 58.6 Å². The lowest BCUT2D eigenvalue weighted by molar-refractivity contribution is -0.172. The molecule has 9 heteroatoms. The third-order valence-corrected chi connectivity index (χ3v) is 6.61. The smallest absolute Gasteiger partial charge is 0.309 e. The van der Waals surface area contributed by atoms with Gasteiger partial charge < -0.3 is 20.4 Å². The number of benzene rings is 2. The van der Waals surface area contributed by atoms with Crippen molar-refractivity contribution in [2.45, 2.75) is 11.1 Å². The minimum Gasteiger partial charge on any atom is -0.481 e. The molecule has 31 heavy (non-hydrogen) atoms. The average Bonchev–Trinajstić information content (AvgIpc) is 3.24. The molecule has 2 aliphatic heterocycles. The molecule has 0 aromatic heterocycles. The predicted octanol–water partition coefficient (Wildman–Crippen LogP) is 1.20. The van der Waals surface area contributed by atoms with Crippen LogP contribution in [0.25, 0.3) is 0 Å². The topological polar surface area (TPSA) is 161 Å². The third kappa shape index (κ3) is 2.53. The number of carboxylic acid groups (broad SMARTS) is 4. The number of aliphatic carboxylic acids is 4. The minimum absolute atomic E-state index is 0.211. The van der Waals surface area contributed by atoms with Crippen molar-refractivity contribution < 1.29 is 39.6 Å². The first kappa shape index (κ1) is 20.5. The molecule has 2 saturated heterocycles. The summed E-state index contributed by atoms with van der Waals surface area (Å²) in [5.41, 5.74) is -3.49. The van der Waals surface area contributed by atoms with Gasteiger partial charge in [-0.05, 0) is 11.1 Å². The highest BCUT2D eigenvalue weighted by atomic mass is 16.4. The second-order valence-electron chi connectivity index (χ2n) is 7.86. The molecule has 0 unspecified atom stereocenters. The van der Waals surface area contributed by atoms with Gasteiger partial charge in [0.1, 0.15) is 0 Å². The van der Waals surface area contributed by atoms with E-state index in [0.717, 1.165) is 0 Å². The highest BCUT2D eigenvalue weighted by molar-refractivity contribution is 5.93. The monoisotopic (exact) mass is 425 g/mol. The molecule has 0 saturated carbocycles. The van der Waals surface area contributed by atoms with Gasteiger partial charge in [0.05, 0.1) is 34.7 Å². The average molecular weight is 425 g/mol. The van der Waals surface area contributed by atoms with Gasteiger partial charge in [-0.1, -0.05) is 60.7 Å². The van der Waals surface area contributed by atoms with E-state index in [1.807, 2.05) is 0 Å². The first-order valence-corrected chi connectivity index (χ1v) is 9.51.